The number of carbonyl (C=O) groups excluding carboxylic acids is 2. The predicted molar refractivity (Wildman–Crippen MR) is 209 cm³/mol. The lowest BCUT2D eigenvalue weighted by Crippen LogP contribution is -2.25. The number of esters is 2. The topological polar surface area (TPSA) is 85.4 Å². The number of unbranched alkanes of at least 4 members (excludes halogenated alkanes) is 17. The molecule has 0 radical (unpaired) electrons. The molecule has 0 aromatic carbocycles. The van der Waals surface area contributed by atoms with Crippen LogP contribution < -0.4 is 0 Å². The van der Waals surface area contributed by atoms with Crippen molar-refractivity contribution in [3.8, 4) is 0 Å². The molecule has 0 amide bonds. The highest BCUT2D eigenvalue weighted by Gasteiger charge is 2.35. The van der Waals surface area contributed by atoms with Gasteiger partial charge in [-0.3, -0.25) is 9.59 Å². The molecule has 1 aliphatic rings. The first-order chi connectivity index (χ1) is 24.5. The van der Waals surface area contributed by atoms with Crippen LogP contribution in [0.1, 0.15) is 194 Å². The average Bonchev–Trinajstić information content (AvgIpc) is 3.87. The van der Waals surface area contributed by atoms with E-state index in [0.29, 0.717) is 31.5 Å². The van der Waals surface area contributed by atoms with Crippen molar-refractivity contribution >= 4 is 11.9 Å². The minimum Gasteiger partial charge on any atom is -0.463 e. The van der Waals surface area contributed by atoms with Gasteiger partial charge in [-0.25, -0.2) is 0 Å². The van der Waals surface area contributed by atoms with Gasteiger partial charge in [-0.2, -0.15) is 0 Å². The highest BCUT2D eigenvalue weighted by atomic mass is 16.6. The zero-order valence-corrected chi connectivity index (χ0v) is 32.8. The van der Waals surface area contributed by atoms with Crippen molar-refractivity contribution in [1.29, 1.82) is 0 Å². The zero-order chi connectivity index (χ0) is 36.3. The summed E-state index contributed by atoms with van der Waals surface area (Å²) < 4.78 is 16.1. The molecule has 0 spiro atoms. The summed E-state index contributed by atoms with van der Waals surface area (Å²) in [6.45, 7) is 6.61. The fourth-order valence-electron chi connectivity index (χ4n) is 6.10. The molecule has 1 rings (SSSR count). The van der Waals surface area contributed by atoms with Crippen LogP contribution in [0.15, 0.2) is 36.5 Å². The van der Waals surface area contributed by atoms with Gasteiger partial charge in [0.25, 0.3) is 0 Å². The van der Waals surface area contributed by atoms with E-state index in [1.165, 1.54) is 109 Å². The van der Waals surface area contributed by atoms with Crippen LogP contribution in [-0.2, 0) is 23.8 Å². The maximum Gasteiger partial charge on any atom is 0.305 e. The summed E-state index contributed by atoms with van der Waals surface area (Å²) in [5.41, 5.74) is 0. The second-order valence-electron chi connectivity index (χ2n) is 14.7. The number of epoxide rings is 1. The quantitative estimate of drug-likeness (QED) is 0.0303. The molecule has 1 heterocycles. The van der Waals surface area contributed by atoms with Crippen molar-refractivity contribution in [1.82, 2.24) is 0 Å². The third kappa shape index (κ3) is 30.9. The Kier molecular flexibility index (Phi) is 31.5. The summed E-state index contributed by atoms with van der Waals surface area (Å²) in [6, 6.07) is 0. The Bertz CT molecular complexity index is 880. The van der Waals surface area contributed by atoms with Gasteiger partial charge in [-0.15, -0.1) is 0 Å². The van der Waals surface area contributed by atoms with Crippen LogP contribution >= 0.6 is 0 Å². The van der Waals surface area contributed by atoms with Crippen molar-refractivity contribution < 1.29 is 28.9 Å². The summed E-state index contributed by atoms with van der Waals surface area (Å²) in [5, 5.41) is 10.0. The van der Waals surface area contributed by atoms with Crippen LogP contribution in [0, 0.1) is 5.92 Å². The van der Waals surface area contributed by atoms with Crippen LogP contribution in [0.4, 0.5) is 0 Å². The Hall–Kier alpha value is -1.92. The summed E-state index contributed by atoms with van der Waals surface area (Å²) in [4.78, 5) is 24.0. The van der Waals surface area contributed by atoms with Crippen LogP contribution in [0.2, 0.25) is 0 Å². The lowest BCUT2D eigenvalue weighted by atomic mass is 9.99. The molecular weight excluding hydrogens is 624 g/mol. The monoisotopic (exact) mass is 703 g/mol. The van der Waals surface area contributed by atoms with E-state index < -0.39 is 6.10 Å². The number of rotatable bonds is 36. The summed E-state index contributed by atoms with van der Waals surface area (Å²) in [7, 11) is 0. The Labute approximate surface area is 308 Å². The van der Waals surface area contributed by atoms with Gasteiger partial charge in [0.1, 0.15) is 19.3 Å². The minimum absolute atomic E-state index is 0.136. The van der Waals surface area contributed by atoms with Gasteiger partial charge < -0.3 is 19.3 Å². The third-order valence-electron chi connectivity index (χ3n) is 9.82. The van der Waals surface area contributed by atoms with Crippen molar-refractivity contribution in [3.05, 3.63) is 36.5 Å². The molecule has 3 unspecified atom stereocenters. The second kappa shape index (κ2) is 34.2. The first-order valence-corrected chi connectivity index (χ1v) is 21.1. The van der Waals surface area contributed by atoms with E-state index in [2.05, 4.69) is 57.2 Å². The Balaban J connectivity index is 1.85. The molecule has 0 aromatic rings. The van der Waals surface area contributed by atoms with Gasteiger partial charge >= 0.3 is 11.9 Å². The number of hydrogen-bond donors (Lipinski definition) is 1. The summed E-state index contributed by atoms with van der Waals surface area (Å²) in [6.07, 6.45) is 43.7. The van der Waals surface area contributed by atoms with Gasteiger partial charge in [0.05, 0.1) is 12.2 Å². The molecule has 290 valence electrons. The van der Waals surface area contributed by atoms with Gasteiger partial charge in [0, 0.05) is 12.8 Å². The minimum atomic E-state index is -0.990. The van der Waals surface area contributed by atoms with E-state index in [0.717, 1.165) is 50.9 Å². The highest BCUT2D eigenvalue weighted by Crippen LogP contribution is 2.29. The molecule has 50 heavy (non-hydrogen) atoms. The van der Waals surface area contributed by atoms with Gasteiger partial charge in [0.2, 0.25) is 0 Å². The number of carbonyl (C=O) groups is 2. The molecule has 6 heteroatoms. The molecule has 0 saturated carbocycles. The molecule has 0 bridgehead atoms. The molecule has 0 aliphatic carbocycles. The maximum atomic E-state index is 12.0. The largest absolute Gasteiger partial charge is 0.463 e. The van der Waals surface area contributed by atoms with Crippen molar-refractivity contribution in [2.24, 2.45) is 5.92 Å². The van der Waals surface area contributed by atoms with Crippen LogP contribution in [0.3, 0.4) is 0 Å². The summed E-state index contributed by atoms with van der Waals surface area (Å²) >= 11 is 0. The van der Waals surface area contributed by atoms with Crippen LogP contribution in [0.25, 0.3) is 0 Å². The predicted octanol–water partition coefficient (Wildman–Crippen LogP) is 12.1. The normalized spacial score (nSPS) is 17.2. The molecule has 1 fully saturated rings. The van der Waals surface area contributed by atoms with Crippen molar-refractivity contribution in [2.45, 2.75) is 212 Å². The van der Waals surface area contributed by atoms with E-state index in [4.69, 9.17) is 14.2 Å². The first-order valence-electron chi connectivity index (χ1n) is 21.1. The lowest BCUT2D eigenvalue weighted by Gasteiger charge is -2.12. The number of aliphatic hydroxyl groups excluding tert-OH is 1. The molecule has 4 atom stereocenters. The molecule has 6 nitrogen and oxygen atoms in total. The fraction of sp³-hybridized carbons (Fsp3) is 0.818. The van der Waals surface area contributed by atoms with Crippen LogP contribution in [0.5, 0.6) is 0 Å². The van der Waals surface area contributed by atoms with E-state index in [9.17, 15) is 14.7 Å². The second-order valence-corrected chi connectivity index (χ2v) is 14.7. The smallest absolute Gasteiger partial charge is 0.305 e. The van der Waals surface area contributed by atoms with Crippen molar-refractivity contribution in [2.75, 3.05) is 13.2 Å². The van der Waals surface area contributed by atoms with E-state index in [1.54, 1.807) is 0 Å². The number of hydrogen-bond acceptors (Lipinski definition) is 6. The lowest BCUT2D eigenvalue weighted by molar-refractivity contribution is -0.152. The van der Waals surface area contributed by atoms with Gasteiger partial charge in [-0.1, -0.05) is 166 Å². The Morgan fingerprint density at radius 1 is 0.600 bits per heavy atom. The number of aliphatic hydroxyl groups is 1. The molecule has 1 aliphatic heterocycles. The standard InChI is InChI=1S/C44H78O6/c1-4-6-7-8-9-16-20-23-28-33-41-42(50-41)34-29-25-26-31-36-44(47)49-38-40(45)37-48-43(46)35-30-24-21-18-15-13-11-10-12-14-17-19-22-27-32-39(3)5-2/h9,16,23,25,28-29,39-42,45H,4-8,10-15,17-22,24,26-27,30-38H2,1-3H3/b16-9-,28-23-,29-25-/t39?,40-,41?,42?/m1/s1. The summed E-state index contributed by atoms with van der Waals surface area (Å²) in [5.74, 6) is 0.267. The van der Waals surface area contributed by atoms with E-state index >= 15 is 0 Å². The first kappa shape index (κ1) is 46.1. The van der Waals surface area contributed by atoms with Crippen LogP contribution in [-0.4, -0.2) is 48.6 Å². The molecule has 1 saturated heterocycles. The van der Waals surface area contributed by atoms with E-state index in [1.807, 2.05) is 0 Å². The third-order valence-corrected chi connectivity index (χ3v) is 9.82. The van der Waals surface area contributed by atoms with Gasteiger partial charge in [0.15, 0.2) is 0 Å². The molecule has 1 N–H and O–H groups in total. The Morgan fingerprint density at radius 2 is 1.06 bits per heavy atom. The number of ether oxygens (including phenoxy) is 3. The van der Waals surface area contributed by atoms with Crippen molar-refractivity contribution in [3.63, 3.8) is 0 Å². The maximum absolute atomic E-state index is 12.0. The zero-order valence-electron chi connectivity index (χ0n) is 32.8. The SMILES string of the molecule is CCCCC/C=C\C/C=C\CC1OC1C/C=C\CCCC(=O)OC[C@H](O)COC(=O)CCCCCCCCCCCCCCCCC(C)CC. The molecule has 0 aromatic heterocycles. The highest BCUT2D eigenvalue weighted by molar-refractivity contribution is 5.69. The van der Waals surface area contributed by atoms with Gasteiger partial charge in [-0.05, 0) is 57.3 Å². The number of allylic oxidation sites excluding steroid dienone is 4. The molecular formula is C44H78O6. The average molecular weight is 703 g/mol. The fourth-order valence-corrected chi connectivity index (χ4v) is 6.10. The Morgan fingerprint density at radius 3 is 1.62 bits per heavy atom. The van der Waals surface area contributed by atoms with E-state index in [-0.39, 0.29) is 25.2 Å².